The van der Waals surface area contributed by atoms with E-state index in [2.05, 4.69) is 38.8 Å². The number of aliphatic imine (C=N–C) groups is 1. The second kappa shape index (κ2) is 14.1. The molecule has 9 heteroatoms. The molecule has 0 bridgehead atoms. The molecule has 0 fully saturated rings. The third-order valence-electron chi connectivity index (χ3n) is 2.37. The first-order chi connectivity index (χ1) is 9.78. The fraction of sp³-hybridized carbons (Fsp3) is 0.533. The maximum Gasteiger partial charge on any atom is 0.267 e. The molecule has 0 aliphatic rings. The van der Waals surface area contributed by atoms with Gasteiger partial charge in [0.05, 0.1) is 38.5 Å². The molecule has 6 nitrogen and oxygen atoms in total. The second-order valence-electron chi connectivity index (χ2n) is 6.07. The van der Waals surface area contributed by atoms with Crippen molar-refractivity contribution in [1.82, 2.24) is 0 Å². The Balaban J connectivity index is -0.000000162. The predicted octanol–water partition coefficient (Wildman–Crippen LogP) is 1.07. The van der Waals surface area contributed by atoms with Crippen LogP contribution in [0.3, 0.4) is 0 Å². The number of nitrogens with zero attached hydrogens (tertiary/aromatic N) is 2. The molecule has 0 rings (SSSR count). The van der Waals surface area contributed by atoms with Gasteiger partial charge in [0.15, 0.2) is 0 Å². The van der Waals surface area contributed by atoms with E-state index in [-0.39, 0.29) is 42.0 Å². The maximum absolute atomic E-state index is 10.8. The summed E-state index contributed by atoms with van der Waals surface area (Å²) in [6.07, 6.45) is 4.85. The largest absolute Gasteiger partial charge is 0.859 e. The quantitative estimate of drug-likeness (QED) is 0.167. The van der Waals surface area contributed by atoms with Crippen molar-refractivity contribution in [1.29, 1.82) is 0 Å². The molecular weight excluding hydrogens is 363 g/mol. The van der Waals surface area contributed by atoms with Gasteiger partial charge in [0.1, 0.15) is 0 Å². The zero-order valence-corrected chi connectivity index (χ0v) is 19.0. The third kappa shape index (κ3) is 21.9. The van der Waals surface area contributed by atoms with Gasteiger partial charge in [-0.1, -0.05) is 25.8 Å². The van der Waals surface area contributed by atoms with Crippen molar-refractivity contribution < 1.29 is 22.6 Å². The van der Waals surface area contributed by atoms with Crippen molar-refractivity contribution in [2.45, 2.75) is 19.4 Å². The van der Waals surface area contributed by atoms with Crippen LogP contribution in [-0.2, 0) is 10.1 Å². The van der Waals surface area contributed by atoms with Crippen molar-refractivity contribution in [3.63, 3.8) is 0 Å². The van der Waals surface area contributed by atoms with Gasteiger partial charge in [0, 0.05) is 29.6 Å². The van der Waals surface area contributed by atoms with Crippen LogP contribution >= 0.6 is 12.4 Å². The smallest absolute Gasteiger partial charge is 0.267 e. The molecule has 1 N–H and O–H groups in total. The van der Waals surface area contributed by atoms with Crippen LogP contribution in [0.5, 0.6) is 0 Å². The minimum absolute atomic E-state index is 0. The van der Waals surface area contributed by atoms with E-state index in [4.69, 9.17) is 4.55 Å². The molecule has 0 saturated heterocycles. The molecule has 0 amide bonds. The molecule has 0 saturated carbocycles. The van der Waals surface area contributed by atoms with Crippen LogP contribution in [0, 0.1) is 0 Å². The fourth-order valence-corrected chi connectivity index (χ4v) is 2.55. The Morgan fingerprint density at radius 1 is 1.21 bits per heavy atom. The van der Waals surface area contributed by atoms with E-state index in [1.54, 1.807) is 0 Å². The molecule has 0 aromatic rings. The molecule has 24 heavy (non-hydrogen) atoms. The van der Waals surface area contributed by atoms with Crippen molar-refractivity contribution in [3.8, 4) is 0 Å². The monoisotopic (exact) mass is 391 g/mol. The third-order valence-corrected chi connectivity index (χ3v) is 3.44. The van der Waals surface area contributed by atoms with Gasteiger partial charge in [-0.05, 0) is 31.9 Å². The van der Waals surface area contributed by atoms with Crippen molar-refractivity contribution >= 4 is 58.0 Å². The fourth-order valence-electron chi connectivity index (χ4n) is 1.60. The summed E-state index contributed by atoms with van der Waals surface area (Å²) in [5.74, 6) is -1.19. The number of hydrogen-bond donors (Lipinski definition) is 1. The van der Waals surface area contributed by atoms with Crippen LogP contribution in [0.25, 0.3) is 0 Å². The molecule has 0 aliphatic heterocycles. The van der Waals surface area contributed by atoms with E-state index >= 15 is 0 Å². The summed E-state index contributed by atoms with van der Waals surface area (Å²) in [5.41, 5.74) is -1.13. The molecule has 0 spiro atoms. The number of rotatable bonds is 8. The average Bonchev–Trinajstić information content (AvgIpc) is 2.25. The summed E-state index contributed by atoms with van der Waals surface area (Å²) >= 11 is 0. The van der Waals surface area contributed by atoms with Crippen LogP contribution in [0.15, 0.2) is 43.0 Å². The van der Waals surface area contributed by atoms with Crippen molar-refractivity contribution in [3.05, 3.63) is 38.0 Å². The minimum Gasteiger partial charge on any atom is -0.859 e. The summed E-state index contributed by atoms with van der Waals surface area (Å²) in [4.78, 5) is 3.52. The van der Waals surface area contributed by atoms with Crippen LogP contribution in [-0.4, -0.2) is 91.4 Å². The Labute approximate surface area is 175 Å². The van der Waals surface area contributed by atoms with Crippen LogP contribution in [0.2, 0.25) is 0 Å². The summed E-state index contributed by atoms with van der Waals surface area (Å²) in [5, 5.41) is 10.8. The van der Waals surface area contributed by atoms with Gasteiger partial charge < -0.3 is 9.59 Å². The van der Waals surface area contributed by atoms with Gasteiger partial charge in [-0.15, -0.1) is 12.4 Å². The van der Waals surface area contributed by atoms with Gasteiger partial charge in [-0.25, -0.2) is 0 Å². The second-order valence-corrected chi connectivity index (χ2v) is 7.52. The zero-order valence-electron chi connectivity index (χ0n) is 15.4. The molecule has 0 aliphatic carbocycles. The Bertz CT molecular complexity index is 506. The maximum atomic E-state index is 10.8. The van der Waals surface area contributed by atoms with E-state index in [0.29, 0.717) is 0 Å². The Morgan fingerprint density at radius 3 is 1.83 bits per heavy atom. The molecule has 0 heterocycles. The Hall–Kier alpha value is -0.150. The molecule has 0 unspecified atom stereocenters. The van der Waals surface area contributed by atoms with Crippen molar-refractivity contribution in [2.75, 3.05) is 32.9 Å². The average molecular weight is 392 g/mol. The molecule has 0 aromatic heterocycles. The summed E-state index contributed by atoms with van der Waals surface area (Å²) in [6, 6.07) is 0. The summed E-state index contributed by atoms with van der Waals surface area (Å²) < 4.78 is 30.4. The van der Waals surface area contributed by atoms with Gasteiger partial charge in [0.2, 0.25) is 0 Å². The molecule has 1 radical (unpaired) electrons. The minimum atomic E-state index is -4.12. The van der Waals surface area contributed by atoms with Gasteiger partial charge in [0.25, 0.3) is 10.1 Å². The first-order valence-corrected chi connectivity index (χ1v) is 8.28. The van der Waals surface area contributed by atoms with E-state index in [9.17, 15) is 13.5 Å². The zero-order chi connectivity index (χ0) is 18.0. The van der Waals surface area contributed by atoms with Gasteiger partial charge in [-0.3, -0.25) is 9.55 Å². The number of likely N-dealkylation sites (N-methyl/N-ethyl adjacent to an activating group) is 1. The molecule has 0 aromatic carbocycles. The standard InChI is InChI=1S/C8H16N.C7H13NO4S.ClH.Na/c1-5-7-9(3,4)8-6-2;1-4-6(9)8-7(2,3)5-13(10,11)12;;/h5-6H,1-2,7-8H2,3-4H3;4H,1,5H2,2-3H3,(H,8,9)(H,10,11,12);1H;/q+1;;;/p-1. The number of halogens is 1. The predicted molar refractivity (Wildman–Crippen MR) is 103 cm³/mol. The van der Waals surface area contributed by atoms with E-state index in [1.807, 2.05) is 12.2 Å². The topological polar surface area (TPSA) is 89.8 Å². The summed E-state index contributed by atoms with van der Waals surface area (Å²) in [6.45, 7) is 15.4. The van der Waals surface area contributed by atoms with Gasteiger partial charge in [-0.2, -0.15) is 8.42 Å². The van der Waals surface area contributed by atoms with E-state index in [0.717, 1.165) is 23.6 Å². The van der Waals surface area contributed by atoms with Crippen LogP contribution in [0.1, 0.15) is 13.8 Å². The van der Waals surface area contributed by atoms with E-state index in [1.165, 1.54) is 13.8 Å². The normalized spacial score (nSPS) is 11.8. The number of hydrogen-bond acceptors (Lipinski definition) is 4. The Morgan fingerprint density at radius 2 is 1.58 bits per heavy atom. The number of quaternary nitrogens is 1. The van der Waals surface area contributed by atoms with Crippen molar-refractivity contribution in [2.24, 2.45) is 4.99 Å². The molecule has 137 valence electrons. The van der Waals surface area contributed by atoms with Gasteiger partial charge >= 0.3 is 0 Å². The molecular formula is C15H29ClN2NaO4S. The van der Waals surface area contributed by atoms with Crippen LogP contribution < -0.4 is 5.11 Å². The molecule has 0 atom stereocenters. The summed E-state index contributed by atoms with van der Waals surface area (Å²) in [7, 11) is 0.196. The SMILES string of the molecule is C=CC([O-])=NC(C)(C)CS(=O)(=O)O.C=CC[N+](C)(C)CC=C.Cl.[Na]. The van der Waals surface area contributed by atoms with E-state index < -0.39 is 27.3 Å². The Kier molecular flexibility index (Phi) is 18.5. The first kappa shape index (κ1) is 31.6. The first-order valence-electron chi connectivity index (χ1n) is 6.67. The van der Waals surface area contributed by atoms with Crippen LogP contribution in [0.4, 0.5) is 0 Å².